The minimum absolute atomic E-state index is 0.0235. The number of benzene rings is 1. The van der Waals surface area contributed by atoms with Crippen LogP contribution in [0.5, 0.6) is 0 Å². The number of ether oxygens (including phenoxy) is 3. The SMILES string of the molecule is CC(C)(C)OC(=O)N[C@@H](CCCCN)C(=O)OC(=O)OCc1ccccc1. The number of carbonyl (C=O) groups is 3. The maximum absolute atomic E-state index is 12.2. The molecule has 0 heterocycles. The highest BCUT2D eigenvalue weighted by Crippen LogP contribution is 2.10. The van der Waals surface area contributed by atoms with Crippen LogP contribution in [0.2, 0.25) is 0 Å². The van der Waals surface area contributed by atoms with Gasteiger partial charge >= 0.3 is 18.2 Å². The van der Waals surface area contributed by atoms with E-state index in [0.717, 1.165) is 5.56 Å². The summed E-state index contributed by atoms with van der Waals surface area (Å²) >= 11 is 0. The molecule has 0 spiro atoms. The van der Waals surface area contributed by atoms with Crippen molar-refractivity contribution in [2.24, 2.45) is 5.73 Å². The van der Waals surface area contributed by atoms with Gasteiger partial charge in [-0.1, -0.05) is 30.3 Å². The Labute approximate surface area is 159 Å². The van der Waals surface area contributed by atoms with E-state index in [1.807, 2.05) is 6.07 Å². The number of nitrogens with one attached hydrogen (secondary N) is 1. The summed E-state index contributed by atoms with van der Waals surface area (Å²) in [5.74, 6) is -0.907. The summed E-state index contributed by atoms with van der Waals surface area (Å²) in [6.07, 6.45) is -0.390. The molecule has 27 heavy (non-hydrogen) atoms. The van der Waals surface area contributed by atoms with Crippen LogP contribution in [0.1, 0.15) is 45.6 Å². The van der Waals surface area contributed by atoms with Gasteiger partial charge in [0.2, 0.25) is 0 Å². The Morgan fingerprint density at radius 1 is 1.11 bits per heavy atom. The van der Waals surface area contributed by atoms with Gasteiger partial charge in [0, 0.05) is 0 Å². The molecule has 0 bridgehead atoms. The summed E-state index contributed by atoms with van der Waals surface area (Å²) in [6.45, 7) is 5.54. The van der Waals surface area contributed by atoms with Gasteiger partial charge in [0.15, 0.2) is 0 Å². The van der Waals surface area contributed by atoms with Gasteiger partial charge in [-0.25, -0.2) is 14.4 Å². The number of esters is 1. The molecule has 0 unspecified atom stereocenters. The molecule has 0 aliphatic carbocycles. The molecule has 0 radical (unpaired) electrons. The van der Waals surface area contributed by atoms with Crippen molar-refractivity contribution in [1.82, 2.24) is 5.32 Å². The number of hydrogen-bond acceptors (Lipinski definition) is 7. The van der Waals surface area contributed by atoms with Crippen LogP contribution in [0.4, 0.5) is 9.59 Å². The first-order chi connectivity index (χ1) is 12.7. The number of alkyl carbamates (subject to hydrolysis) is 1. The number of hydrogen-bond donors (Lipinski definition) is 2. The Morgan fingerprint density at radius 2 is 1.78 bits per heavy atom. The predicted molar refractivity (Wildman–Crippen MR) is 98.8 cm³/mol. The fourth-order valence-electron chi connectivity index (χ4n) is 2.09. The molecule has 150 valence electrons. The van der Waals surface area contributed by atoms with Crippen molar-refractivity contribution in [2.75, 3.05) is 6.54 Å². The molecule has 8 heteroatoms. The average molecular weight is 380 g/mol. The number of amides is 1. The van der Waals surface area contributed by atoms with Crippen LogP contribution in [0.15, 0.2) is 30.3 Å². The molecule has 1 amide bonds. The molecule has 0 saturated heterocycles. The minimum Gasteiger partial charge on any atom is -0.444 e. The third kappa shape index (κ3) is 10.2. The summed E-state index contributed by atoms with van der Waals surface area (Å²) in [6, 6.07) is 7.94. The van der Waals surface area contributed by atoms with E-state index in [9.17, 15) is 14.4 Å². The van der Waals surface area contributed by atoms with Crippen molar-refractivity contribution in [3.05, 3.63) is 35.9 Å². The van der Waals surface area contributed by atoms with Crippen LogP contribution < -0.4 is 11.1 Å². The predicted octanol–water partition coefficient (Wildman–Crippen LogP) is 2.89. The molecule has 1 rings (SSSR count). The van der Waals surface area contributed by atoms with E-state index in [1.165, 1.54) is 0 Å². The average Bonchev–Trinajstić information content (AvgIpc) is 2.58. The minimum atomic E-state index is -1.13. The lowest BCUT2D eigenvalue weighted by Crippen LogP contribution is -2.44. The van der Waals surface area contributed by atoms with Gasteiger partial charge in [0.1, 0.15) is 18.2 Å². The maximum atomic E-state index is 12.2. The number of nitrogens with two attached hydrogens (primary N) is 1. The van der Waals surface area contributed by atoms with Crippen molar-refractivity contribution >= 4 is 18.2 Å². The molecular weight excluding hydrogens is 352 g/mol. The van der Waals surface area contributed by atoms with Crippen LogP contribution in [0, 0.1) is 0 Å². The van der Waals surface area contributed by atoms with E-state index in [1.54, 1.807) is 45.0 Å². The lowest BCUT2D eigenvalue weighted by Gasteiger charge is -2.22. The van der Waals surface area contributed by atoms with Gasteiger partial charge in [-0.2, -0.15) is 0 Å². The molecule has 3 N–H and O–H groups in total. The third-order valence-electron chi connectivity index (χ3n) is 3.31. The zero-order valence-corrected chi connectivity index (χ0v) is 16.0. The second-order valence-electron chi connectivity index (χ2n) is 6.93. The van der Waals surface area contributed by atoms with Gasteiger partial charge in [-0.15, -0.1) is 0 Å². The summed E-state index contributed by atoms with van der Waals surface area (Å²) in [7, 11) is 0. The lowest BCUT2D eigenvalue weighted by molar-refractivity contribution is -0.142. The van der Waals surface area contributed by atoms with Crippen LogP contribution in [-0.4, -0.2) is 36.4 Å². The Balaban J connectivity index is 2.57. The second kappa shape index (κ2) is 11.2. The molecule has 8 nitrogen and oxygen atoms in total. The first-order valence-electron chi connectivity index (χ1n) is 8.83. The standard InChI is InChI=1S/C19H28N2O6/c1-19(2,3)27-17(23)21-15(11-7-8-12-20)16(22)26-18(24)25-13-14-9-5-4-6-10-14/h4-6,9-10,15H,7-8,11-13,20H2,1-3H3,(H,21,23)/t15-/m0/s1. The molecular formula is C19H28N2O6. The normalized spacial score (nSPS) is 12.0. The van der Waals surface area contributed by atoms with E-state index in [0.29, 0.717) is 19.4 Å². The Bertz CT molecular complexity index is 612. The molecule has 0 fully saturated rings. The lowest BCUT2D eigenvalue weighted by atomic mass is 10.1. The molecule has 1 atom stereocenters. The highest BCUT2D eigenvalue weighted by Gasteiger charge is 2.27. The summed E-state index contributed by atoms with van der Waals surface area (Å²) < 4.78 is 14.7. The topological polar surface area (TPSA) is 117 Å². The Kier molecular flexibility index (Phi) is 9.29. The molecule has 1 aromatic carbocycles. The largest absolute Gasteiger partial charge is 0.516 e. The fourth-order valence-corrected chi connectivity index (χ4v) is 2.09. The first-order valence-corrected chi connectivity index (χ1v) is 8.83. The van der Waals surface area contributed by atoms with Crippen molar-refractivity contribution in [1.29, 1.82) is 0 Å². The molecule has 1 aromatic rings. The maximum Gasteiger partial charge on any atom is 0.516 e. The van der Waals surface area contributed by atoms with Crippen LogP contribution in [0.25, 0.3) is 0 Å². The zero-order valence-electron chi connectivity index (χ0n) is 16.0. The summed E-state index contributed by atoms with van der Waals surface area (Å²) in [4.78, 5) is 35.9. The van der Waals surface area contributed by atoms with E-state index in [-0.39, 0.29) is 13.0 Å². The molecule has 0 aliphatic rings. The molecule has 0 aromatic heterocycles. The van der Waals surface area contributed by atoms with Gasteiger partial charge in [0.05, 0.1) is 0 Å². The van der Waals surface area contributed by atoms with Gasteiger partial charge in [-0.05, 0) is 52.1 Å². The highest BCUT2D eigenvalue weighted by atomic mass is 16.7. The van der Waals surface area contributed by atoms with Gasteiger partial charge in [-0.3, -0.25) is 0 Å². The van der Waals surface area contributed by atoms with Crippen molar-refractivity contribution in [3.63, 3.8) is 0 Å². The second-order valence-corrected chi connectivity index (χ2v) is 6.93. The summed E-state index contributed by atoms with van der Waals surface area (Å²) in [5, 5.41) is 2.43. The van der Waals surface area contributed by atoms with Crippen molar-refractivity contribution in [2.45, 2.75) is 58.3 Å². The zero-order chi connectivity index (χ0) is 20.3. The number of unbranched alkanes of at least 4 members (excludes halogenated alkanes) is 1. The highest BCUT2D eigenvalue weighted by molar-refractivity contribution is 5.88. The smallest absolute Gasteiger partial charge is 0.444 e. The van der Waals surface area contributed by atoms with Crippen LogP contribution >= 0.6 is 0 Å². The van der Waals surface area contributed by atoms with E-state index in [4.69, 9.17) is 19.9 Å². The first kappa shape index (κ1) is 22.4. The van der Waals surface area contributed by atoms with E-state index >= 15 is 0 Å². The monoisotopic (exact) mass is 380 g/mol. The Morgan fingerprint density at radius 3 is 2.37 bits per heavy atom. The Hall–Kier alpha value is -2.61. The van der Waals surface area contributed by atoms with Gasteiger partial charge in [0.25, 0.3) is 0 Å². The van der Waals surface area contributed by atoms with Crippen molar-refractivity contribution in [3.8, 4) is 0 Å². The van der Waals surface area contributed by atoms with E-state index < -0.39 is 29.9 Å². The molecule has 0 saturated carbocycles. The summed E-state index contributed by atoms with van der Waals surface area (Å²) in [5.41, 5.74) is 5.49. The third-order valence-corrected chi connectivity index (χ3v) is 3.31. The molecule has 0 aliphatic heterocycles. The van der Waals surface area contributed by atoms with Crippen LogP contribution in [0.3, 0.4) is 0 Å². The van der Waals surface area contributed by atoms with E-state index in [2.05, 4.69) is 5.32 Å². The van der Waals surface area contributed by atoms with Crippen LogP contribution in [-0.2, 0) is 25.6 Å². The van der Waals surface area contributed by atoms with Gasteiger partial charge < -0.3 is 25.3 Å². The number of carbonyl (C=O) groups excluding carboxylic acids is 3. The van der Waals surface area contributed by atoms with Crippen molar-refractivity contribution < 1.29 is 28.6 Å². The number of rotatable bonds is 8. The quantitative estimate of drug-likeness (QED) is 0.404. The fraction of sp³-hybridized carbons (Fsp3) is 0.526.